The molecule has 4 rings (SSSR count). The molecule has 27 heavy (non-hydrogen) atoms. The lowest BCUT2D eigenvalue weighted by atomic mass is 10.1. The van der Waals surface area contributed by atoms with Gasteiger partial charge in [-0.3, -0.25) is 14.4 Å². The van der Waals surface area contributed by atoms with Crippen LogP contribution >= 0.6 is 11.6 Å². The average Bonchev–Trinajstić information content (AvgIpc) is 3.48. The van der Waals surface area contributed by atoms with Gasteiger partial charge in [0.25, 0.3) is 11.8 Å². The first-order valence-electron chi connectivity index (χ1n) is 8.48. The van der Waals surface area contributed by atoms with E-state index in [1.54, 1.807) is 30.3 Å². The third-order valence-corrected chi connectivity index (χ3v) is 4.63. The second-order valence-electron chi connectivity index (χ2n) is 6.46. The molecule has 3 amide bonds. The molecule has 1 heterocycles. The van der Waals surface area contributed by atoms with Crippen LogP contribution in [0.15, 0.2) is 36.4 Å². The van der Waals surface area contributed by atoms with E-state index in [1.165, 1.54) is 6.07 Å². The lowest BCUT2D eigenvalue weighted by Crippen LogP contribution is -2.25. The van der Waals surface area contributed by atoms with E-state index >= 15 is 0 Å². The number of carbonyl (C=O) groups excluding carboxylic acids is 3. The molecule has 1 aliphatic carbocycles. The lowest BCUT2D eigenvalue weighted by Gasteiger charge is -2.19. The zero-order valence-corrected chi connectivity index (χ0v) is 14.9. The number of fused-ring (bicyclic) bond motifs is 1. The molecule has 0 unspecified atom stereocenters. The van der Waals surface area contributed by atoms with Gasteiger partial charge < -0.3 is 20.7 Å². The molecule has 3 N–H and O–H groups in total. The van der Waals surface area contributed by atoms with Crippen molar-refractivity contribution in [2.24, 2.45) is 5.92 Å². The van der Waals surface area contributed by atoms with E-state index in [0.29, 0.717) is 28.4 Å². The van der Waals surface area contributed by atoms with Gasteiger partial charge >= 0.3 is 0 Å². The highest BCUT2D eigenvalue weighted by atomic mass is 35.5. The Morgan fingerprint density at radius 2 is 1.85 bits per heavy atom. The Bertz CT molecular complexity index is 939. The molecule has 0 bridgehead atoms. The van der Waals surface area contributed by atoms with Crippen molar-refractivity contribution in [2.75, 3.05) is 22.6 Å². The van der Waals surface area contributed by atoms with E-state index in [9.17, 15) is 14.4 Å². The van der Waals surface area contributed by atoms with E-state index in [0.717, 1.165) is 12.8 Å². The van der Waals surface area contributed by atoms with Crippen molar-refractivity contribution in [2.45, 2.75) is 12.8 Å². The van der Waals surface area contributed by atoms with E-state index < -0.39 is 0 Å². The van der Waals surface area contributed by atoms with Crippen molar-refractivity contribution in [3.8, 4) is 5.75 Å². The molecular formula is C19H16ClN3O4. The van der Waals surface area contributed by atoms with Crippen LogP contribution in [0.25, 0.3) is 0 Å². The summed E-state index contributed by atoms with van der Waals surface area (Å²) >= 11 is 6.19. The Balaban J connectivity index is 1.45. The maximum atomic E-state index is 12.5. The molecule has 2 aliphatic rings. The number of nitrogens with one attached hydrogen (secondary N) is 3. The molecule has 0 aromatic heterocycles. The lowest BCUT2D eigenvalue weighted by molar-refractivity contribution is -0.119. The Morgan fingerprint density at radius 1 is 1.11 bits per heavy atom. The molecule has 2 aromatic carbocycles. The largest absolute Gasteiger partial charge is 0.482 e. The number of hydrogen-bond acceptors (Lipinski definition) is 4. The normalized spacial score (nSPS) is 15.2. The quantitative estimate of drug-likeness (QED) is 0.752. The number of hydrogen-bond donors (Lipinski definition) is 3. The zero-order valence-electron chi connectivity index (χ0n) is 14.2. The fourth-order valence-corrected chi connectivity index (χ4v) is 2.90. The summed E-state index contributed by atoms with van der Waals surface area (Å²) in [6, 6.07) is 9.71. The van der Waals surface area contributed by atoms with Gasteiger partial charge in [-0.1, -0.05) is 11.6 Å². The van der Waals surface area contributed by atoms with Crippen LogP contribution in [0.3, 0.4) is 0 Å². The molecule has 8 heteroatoms. The van der Waals surface area contributed by atoms with Crippen molar-refractivity contribution < 1.29 is 19.1 Å². The third-order valence-electron chi connectivity index (χ3n) is 4.31. The number of amides is 3. The molecule has 1 aliphatic heterocycles. The third kappa shape index (κ3) is 3.88. The minimum absolute atomic E-state index is 0.0140. The predicted octanol–water partition coefficient (Wildman–Crippen LogP) is 3.27. The molecule has 7 nitrogen and oxygen atoms in total. The maximum Gasteiger partial charge on any atom is 0.262 e. The highest BCUT2D eigenvalue weighted by Crippen LogP contribution is 2.36. The molecular weight excluding hydrogens is 370 g/mol. The topological polar surface area (TPSA) is 96.5 Å². The fourth-order valence-electron chi connectivity index (χ4n) is 2.69. The average molecular weight is 386 g/mol. The van der Waals surface area contributed by atoms with Crippen LogP contribution in [0, 0.1) is 5.92 Å². The molecule has 1 fully saturated rings. The Hall–Kier alpha value is -3.06. The number of rotatable bonds is 4. The van der Waals surface area contributed by atoms with Crippen molar-refractivity contribution in [1.82, 2.24) is 0 Å². The first-order valence-corrected chi connectivity index (χ1v) is 8.86. The minimum Gasteiger partial charge on any atom is -0.482 e. The Labute approximate surface area is 160 Å². The van der Waals surface area contributed by atoms with Crippen LogP contribution in [-0.4, -0.2) is 24.3 Å². The number of benzene rings is 2. The van der Waals surface area contributed by atoms with Gasteiger partial charge in [-0.05, 0) is 43.2 Å². The summed E-state index contributed by atoms with van der Waals surface area (Å²) in [6.45, 7) is -0.0872. The number of carbonyl (C=O) groups is 3. The van der Waals surface area contributed by atoms with Gasteiger partial charge in [-0.2, -0.15) is 0 Å². The van der Waals surface area contributed by atoms with Gasteiger partial charge in [0.05, 0.1) is 16.4 Å². The fraction of sp³-hybridized carbons (Fsp3) is 0.211. The first kappa shape index (κ1) is 17.4. The van der Waals surface area contributed by atoms with Crippen molar-refractivity contribution in [3.63, 3.8) is 0 Å². The zero-order chi connectivity index (χ0) is 19.0. The van der Waals surface area contributed by atoms with Gasteiger partial charge in [0.15, 0.2) is 6.61 Å². The number of ether oxygens (including phenoxy) is 1. The summed E-state index contributed by atoms with van der Waals surface area (Å²) in [7, 11) is 0. The Morgan fingerprint density at radius 3 is 2.56 bits per heavy atom. The van der Waals surface area contributed by atoms with Gasteiger partial charge in [0.2, 0.25) is 5.91 Å². The van der Waals surface area contributed by atoms with Gasteiger partial charge in [-0.15, -0.1) is 0 Å². The highest BCUT2D eigenvalue weighted by Gasteiger charge is 2.29. The molecule has 0 spiro atoms. The molecule has 138 valence electrons. The predicted molar refractivity (Wildman–Crippen MR) is 101 cm³/mol. The van der Waals surface area contributed by atoms with Gasteiger partial charge in [-0.25, -0.2) is 0 Å². The second kappa shape index (κ2) is 6.92. The summed E-state index contributed by atoms with van der Waals surface area (Å²) in [6.07, 6.45) is 1.86. The summed E-state index contributed by atoms with van der Waals surface area (Å²) in [5.41, 5.74) is 1.91. The summed E-state index contributed by atoms with van der Waals surface area (Å²) in [5.74, 6) is -0.0420. The minimum atomic E-state index is -0.350. The SMILES string of the molecule is O=C1COc2cc(NC(=O)c3ccc(NC(=O)C4CC4)cc3)c(Cl)cc2N1. The maximum absolute atomic E-state index is 12.5. The highest BCUT2D eigenvalue weighted by molar-refractivity contribution is 6.34. The Kier molecular flexibility index (Phi) is 4.45. The smallest absolute Gasteiger partial charge is 0.262 e. The molecule has 0 atom stereocenters. The summed E-state index contributed by atoms with van der Waals surface area (Å²) in [4.78, 5) is 35.6. The van der Waals surface area contributed by atoms with Crippen LogP contribution in [0.1, 0.15) is 23.2 Å². The molecule has 2 aromatic rings. The molecule has 0 saturated heterocycles. The first-order chi connectivity index (χ1) is 13.0. The van der Waals surface area contributed by atoms with Gasteiger partial charge in [0.1, 0.15) is 5.75 Å². The van der Waals surface area contributed by atoms with Crippen molar-refractivity contribution >= 4 is 46.4 Å². The van der Waals surface area contributed by atoms with Crippen molar-refractivity contribution in [3.05, 3.63) is 47.0 Å². The van der Waals surface area contributed by atoms with Crippen LogP contribution in [-0.2, 0) is 9.59 Å². The van der Waals surface area contributed by atoms with E-state index in [-0.39, 0.29) is 35.3 Å². The van der Waals surface area contributed by atoms with Crippen LogP contribution < -0.4 is 20.7 Å². The van der Waals surface area contributed by atoms with E-state index in [4.69, 9.17) is 16.3 Å². The number of halogens is 1. The van der Waals surface area contributed by atoms with Crippen LogP contribution in [0.4, 0.5) is 17.1 Å². The second-order valence-corrected chi connectivity index (χ2v) is 6.87. The van der Waals surface area contributed by atoms with E-state index in [2.05, 4.69) is 16.0 Å². The number of anilines is 3. The van der Waals surface area contributed by atoms with E-state index in [1.807, 2.05) is 0 Å². The van der Waals surface area contributed by atoms with Crippen LogP contribution in [0.5, 0.6) is 5.75 Å². The van der Waals surface area contributed by atoms with Crippen molar-refractivity contribution in [1.29, 1.82) is 0 Å². The molecule has 1 saturated carbocycles. The monoisotopic (exact) mass is 385 g/mol. The van der Waals surface area contributed by atoms with Crippen LogP contribution in [0.2, 0.25) is 5.02 Å². The summed E-state index contributed by atoms with van der Waals surface area (Å²) < 4.78 is 5.33. The van der Waals surface area contributed by atoms with Gasteiger partial charge in [0, 0.05) is 23.2 Å². The standard InChI is InChI=1S/C19H16ClN3O4/c20-13-7-15-16(27-9-17(24)22-15)8-14(13)23-19(26)11-3-5-12(6-4-11)21-18(25)10-1-2-10/h3-8,10H,1-2,9H2,(H,21,25)(H,22,24)(H,23,26). The summed E-state index contributed by atoms with van der Waals surface area (Å²) in [5, 5.41) is 8.48. The molecule has 0 radical (unpaired) electrons.